The van der Waals surface area contributed by atoms with Gasteiger partial charge in [-0.3, -0.25) is 4.79 Å². The lowest BCUT2D eigenvalue weighted by atomic mass is 10.0. The lowest BCUT2D eigenvalue weighted by Crippen LogP contribution is -2.42. The van der Waals surface area contributed by atoms with E-state index >= 15 is 0 Å². The fraction of sp³-hybridized carbons (Fsp3) is 0.500. The molecule has 5 nitrogen and oxygen atoms in total. The predicted molar refractivity (Wildman–Crippen MR) is 80.4 cm³/mol. The van der Waals surface area contributed by atoms with Gasteiger partial charge in [0.1, 0.15) is 6.04 Å². The Morgan fingerprint density at radius 3 is 2.46 bits per heavy atom. The van der Waals surface area contributed by atoms with Crippen LogP contribution in [-0.2, 0) is 22.2 Å². The predicted octanol–water partition coefficient (Wildman–Crippen LogP) is 1.86. The number of amides is 1. The lowest BCUT2D eigenvalue weighted by Gasteiger charge is -2.23. The normalized spacial score (nSPS) is 21.3. The number of likely N-dealkylation sites (N-methyl/N-ethyl adjacent to an activating group) is 1. The average molecular weight is 344 g/mol. The van der Waals surface area contributed by atoms with Crippen molar-refractivity contribution in [2.24, 2.45) is 0 Å². The number of carboxylic acids is 1. The highest BCUT2D eigenvalue weighted by molar-refractivity contribution is 5.86. The van der Waals surface area contributed by atoms with Crippen LogP contribution in [-0.4, -0.2) is 59.5 Å². The molecular weight excluding hydrogens is 325 g/mol. The van der Waals surface area contributed by atoms with Crippen LogP contribution in [0.2, 0.25) is 0 Å². The SMILES string of the molecule is CN(C)[C@@H]1C[C@@H](C(=O)O)N(C(=O)Cc2ccccc2C(F)(F)F)C1. The van der Waals surface area contributed by atoms with Crippen LogP contribution < -0.4 is 0 Å². The van der Waals surface area contributed by atoms with E-state index in [1.165, 1.54) is 23.1 Å². The molecule has 2 atom stereocenters. The molecule has 1 aromatic carbocycles. The minimum absolute atomic E-state index is 0.132. The van der Waals surface area contributed by atoms with Gasteiger partial charge in [-0.15, -0.1) is 0 Å². The zero-order chi connectivity index (χ0) is 18.1. The second-order valence-corrected chi connectivity index (χ2v) is 6.08. The Morgan fingerprint density at radius 1 is 1.29 bits per heavy atom. The molecule has 0 saturated carbocycles. The van der Waals surface area contributed by atoms with Gasteiger partial charge in [0, 0.05) is 12.6 Å². The molecule has 0 spiro atoms. The maximum atomic E-state index is 13.0. The molecule has 0 aromatic heterocycles. The first-order valence-electron chi connectivity index (χ1n) is 7.45. The van der Waals surface area contributed by atoms with E-state index in [1.807, 2.05) is 4.90 Å². The van der Waals surface area contributed by atoms with Gasteiger partial charge < -0.3 is 14.9 Å². The van der Waals surface area contributed by atoms with Crippen LogP contribution in [0.15, 0.2) is 24.3 Å². The summed E-state index contributed by atoms with van der Waals surface area (Å²) in [5.41, 5.74) is -1.01. The first-order valence-corrected chi connectivity index (χ1v) is 7.45. The largest absolute Gasteiger partial charge is 0.480 e. The van der Waals surface area contributed by atoms with E-state index in [0.29, 0.717) is 0 Å². The second-order valence-electron chi connectivity index (χ2n) is 6.08. The number of rotatable bonds is 4. The number of carbonyl (C=O) groups excluding carboxylic acids is 1. The molecule has 1 saturated heterocycles. The maximum Gasteiger partial charge on any atom is 0.416 e. The number of carboxylic acid groups (broad SMARTS) is 1. The first-order chi connectivity index (χ1) is 11.1. The third-order valence-corrected chi connectivity index (χ3v) is 4.28. The van der Waals surface area contributed by atoms with Gasteiger partial charge in [-0.05, 0) is 32.1 Å². The molecule has 24 heavy (non-hydrogen) atoms. The van der Waals surface area contributed by atoms with Crippen molar-refractivity contribution in [3.8, 4) is 0 Å². The molecule has 0 radical (unpaired) electrons. The topological polar surface area (TPSA) is 60.9 Å². The molecule has 1 aliphatic rings. The third-order valence-electron chi connectivity index (χ3n) is 4.28. The summed E-state index contributed by atoms with van der Waals surface area (Å²) in [5.74, 6) is -1.75. The van der Waals surface area contributed by atoms with Gasteiger partial charge >= 0.3 is 12.1 Å². The Kier molecular flexibility index (Phi) is 5.17. The highest BCUT2D eigenvalue weighted by Crippen LogP contribution is 2.32. The van der Waals surface area contributed by atoms with Crippen molar-refractivity contribution in [2.45, 2.75) is 31.1 Å². The van der Waals surface area contributed by atoms with Crippen LogP contribution in [0.25, 0.3) is 0 Å². The molecule has 132 valence electrons. The quantitative estimate of drug-likeness (QED) is 0.906. The number of nitrogens with zero attached hydrogens (tertiary/aromatic N) is 2. The number of aliphatic carboxylic acids is 1. The molecule has 1 heterocycles. The number of halogens is 3. The summed E-state index contributed by atoms with van der Waals surface area (Å²) in [6.07, 6.45) is -4.77. The smallest absolute Gasteiger partial charge is 0.416 e. The minimum atomic E-state index is -4.56. The molecule has 0 unspecified atom stereocenters. The summed E-state index contributed by atoms with van der Waals surface area (Å²) in [4.78, 5) is 26.8. The second kappa shape index (κ2) is 6.80. The van der Waals surface area contributed by atoms with Crippen molar-refractivity contribution >= 4 is 11.9 Å². The molecule has 8 heteroatoms. The van der Waals surface area contributed by atoms with Crippen LogP contribution in [0.4, 0.5) is 13.2 Å². The number of hydrogen-bond donors (Lipinski definition) is 1. The van der Waals surface area contributed by atoms with Gasteiger partial charge in [0.15, 0.2) is 0 Å². The molecule has 2 rings (SSSR count). The Morgan fingerprint density at radius 2 is 1.92 bits per heavy atom. The van der Waals surface area contributed by atoms with Crippen LogP contribution >= 0.6 is 0 Å². The number of likely N-dealkylation sites (tertiary alicyclic amines) is 1. The number of alkyl halides is 3. The van der Waals surface area contributed by atoms with Crippen molar-refractivity contribution in [3.05, 3.63) is 35.4 Å². The third kappa shape index (κ3) is 3.87. The van der Waals surface area contributed by atoms with Crippen molar-refractivity contribution < 1.29 is 27.9 Å². The summed E-state index contributed by atoms with van der Waals surface area (Å²) in [6.45, 7) is 0.191. The highest BCUT2D eigenvalue weighted by atomic mass is 19.4. The summed E-state index contributed by atoms with van der Waals surface area (Å²) < 4.78 is 39.1. The van der Waals surface area contributed by atoms with Crippen LogP contribution in [0.5, 0.6) is 0 Å². The molecule has 1 amide bonds. The summed E-state index contributed by atoms with van der Waals surface area (Å²) in [7, 11) is 3.55. The van der Waals surface area contributed by atoms with E-state index in [9.17, 15) is 27.9 Å². The Balaban J connectivity index is 2.22. The van der Waals surface area contributed by atoms with Gasteiger partial charge in [-0.25, -0.2) is 4.79 Å². The lowest BCUT2D eigenvalue weighted by molar-refractivity contribution is -0.148. The zero-order valence-electron chi connectivity index (χ0n) is 13.4. The van der Waals surface area contributed by atoms with Gasteiger partial charge in [-0.1, -0.05) is 18.2 Å². The van der Waals surface area contributed by atoms with E-state index in [0.717, 1.165) is 6.07 Å². The fourth-order valence-corrected chi connectivity index (χ4v) is 2.91. The van der Waals surface area contributed by atoms with E-state index in [2.05, 4.69) is 0 Å². The minimum Gasteiger partial charge on any atom is -0.480 e. The number of hydrogen-bond acceptors (Lipinski definition) is 3. The van der Waals surface area contributed by atoms with Crippen LogP contribution in [0, 0.1) is 0 Å². The van der Waals surface area contributed by atoms with Gasteiger partial charge in [-0.2, -0.15) is 13.2 Å². The summed E-state index contributed by atoms with van der Waals surface area (Å²) >= 11 is 0. The Bertz CT molecular complexity index is 631. The molecule has 0 aliphatic carbocycles. The Hall–Kier alpha value is -2.09. The standard InChI is InChI=1S/C16H19F3N2O3/c1-20(2)11-8-13(15(23)24)21(9-11)14(22)7-10-5-3-4-6-12(10)16(17,18)19/h3-6,11,13H,7-9H2,1-2H3,(H,23,24)/t11-,13+/m1/s1. The maximum absolute atomic E-state index is 13.0. The van der Waals surface area contributed by atoms with Crippen molar-refractivity contribution in [1.82, 2.24) is 9.80 Å². The van der Waals surface area contributed by atoms with E-state index in [1.54, 1.807) is 14.1 Å². The first kappa shape index (κ1) is 18.3. The van der Waals surface area contributed by atoms with Crippen LogP contribution in [0.3, 0.4) is 0 Å². The van der Waals surface area contributed by atoms with E-state index in [4.69, 9.17) is 0 Å². The van der Waals surface area contributed by atoms with E-state index < -0.39 is 36.1 Å². The number of benzene rings is 1. The molecule has 1 aromatic rings. The summed E-state index contributed by atoms with van der Waals surface area (Å²) in [6, 6.07) is 3.71. The highest BCUT2D eigenvalue weighted by Gasteiger charge is 2.41. The van der Waals surface area contributed by atoms with Gasteiger partial charge in [0.25, 0.3) is 0 Å². The fourth-order valence-electron chi connectivity index (χ4n) is 2.91. The Labute approximate surface area is 137 Å². The monoisotopic (exact) mass is 344 g/mol. The van der Waals surface area contributed by atoms with E-state index in [-0.39, 0.29) is 24.6 Å². The van der Waals surface area contributed by atoms with Crippen molar-refractivity contribution in [2.75, 3.05) is 20.6 Å². The molecule has 0 bridgehead atoms. The molecule has 1 aliphatic heterocycles. The van der Waals surface area contributed by atoms with Crippen molar-refractivity contribution in [3.63, 3.8) is 0 Å². The zero-order valence-corrected chi connectivity index (χ0v) is 13.4. The van der Waals surface area contributed by atoms with Gasteiger partial charge in [0.05, 0.1) is 12.0 Å². The summed E-state index contributed by atoms with van der Waals surface area (Å²) in [5, 5.41) is 9.29. The number of carbonyl (C=O) groups is 2. The molecule has 1 fully saturated rings. The average Bonchev–Trinajstić information content (AvgIpc) is 2.92. The molecular formula is C16H19F3N2O3. The van der Waals surface area contributed by atoms with Gasteiger partial charge in [0.2, 0.25) is 5.91 Å². The van der Waals surface area contributed by atoms with Crippen molar-refractivity contribution in [1.29, 1.82) is 0 Å². The molecule has 1 N–H and O–H groups in total. The van der Waals surface area contributed by atoms with Crippen LogP contribution in [0.1, 0.15) is 17.5 Å².